The van der Waals surface area contributed by atoms with Gasteiger partial charge in [-0.25, -0.2) is 17.2 Å². The summed E-state index contributed by atoms with van der Waals surface area (Å²) in [5.41, 5.74) is 0.153. The lowest BCUT2D eigenvalue weighted by Crippen LogP contribution is -2.48. The molecule has 0 aromatic heterocycles. The first-order valence-electron chi connectivity index (χ1n) is 9.26. The third kappa shape index (κ3) is 6.92. The first kappa shape index (κ1) is 24.6. The van der Waals surface area contributed by atoms with E-state index in [9.17, 15) is 22.0 Å². The fourth-order valence-corrected chi connectivity index (χ4v) is 4.46. The number of sulfonamides is 1. The lowest BCUT2D eigenvalue weighted by Gasteiger charge is -2.19. The Morgan fingerprint density at radius 2 is 1.84 bits per heavy atom. The molecule has 2 aromatic carbocycles. The van der Waals surface area contributed by atoms with Gasteiger partial charge in [-0.05, 0) is 42.7 Å². The highest BCUT2D eigenvalue weighted by Gasteiger charge is 2.27. The van der Waals surface area contributed by atoms with E-state index in [1.807, 2.05) is 6.26 Å². The number of hydrogen-bond acceptors (Lipinski definition) is 6. The Kier molecular flexibility index (Phi) is 9.23. The van der Waals surface area contributed by atoms with Crippen LogP contribution in [0.3, 0.4) is 0 Å². The second kappa shape index (κ2) is 11.6. The first-order valence-corrected chi connectivity index (χ1v) is 12.1. The van der Waals surface area contributed by atoms with Gasteiger partial charge in [-0.15, -0.1) is 0 Å². The molecular formula is C20H22F2N4O3S2. The van der Waals surface area contributed by atoms with Gasteiger partial charge >= 0.3 is 0 Å². The molecule has 0 bridgehead atoms. The monoisotopic (exact) mass is 468 g/mol. The molecule has 166 valence electrons. The van der Waals surface area contributed by atoms with E-state index in [0.717, 1.165) is 12.1 Å². The first-order chi connectivity index (χ1) is 14.8. The molecule has 0 heterocycles. The maximum absolute atomic E-state index is 13.9. The minimum Gasteiger partial charge on any atom is -0.382 e. The number of hydrogen-bond donors (Lipinski definition) is 3. The Morgan fingerprint density at radius 1 is 1.13 bits per heavy atom. The number of benzene rings is 2. The summed E-state index contributed by atoms with van der Waals surface area (Å²) < 4.78 is 54.8. The molecule has 0 saturated carbocycles. The summed E-state index contributed by atoms with van der Waals surface area (Å²) in [5.74, 6) is -1.64. The molecule has 1 amide bonds. The Balaban J connectivity index is 1.99. The molecule has 2 rings (SSSR count). The lowest BCUT2D eigenvalue weighted by molar-refractivity contribution is -0.122. The lowest BCUT2D eigenvalue weighted by atomic mass is 10.2. The molecule has 0 aliphatic carbocycles. The van der Waals surface area contributed by atoms with Gasteiger partial charge in [0.05, 0.1) is 5.69 Å². The second-order valence-electron chi connectivity index (χ2n) is 6.38. The number of nitrogens with one attached hydrogen (secondary N) is 3. The minimum absolute atomic E-state index is 0.0947. The summed E-state index contributed by atoms with van der Waals surface area (Å²) in [4.78, 5) is 12.0. The summed E-state index contributed by atoms with van der Waals surface area (Å²) in [6.07, 6.45) is 2.02. The molecule has 11 heteroatoms. The fraction of sp³-hybridized carbons (Fsp3) is 0.300. The zero-order chi connectivity index (χ0) is 22.9. The third-order valence-electron chi connectivity index (χ3n) is 4.22. The molecule has 7 nitrogen and oxygen atoms in total. The van der Waals surface area contributed by atoms with E-state index in [1.165, 1.54) is 42.1 Å². The number of carbonyl (C=O) groups excluding carboxylic acids is 1. The van der Waals surface area contributed by atoms with Crippen molar-refractivity contribution in [3.63, 3.8) is 0 Å². The normalized spacial score (nSPS) is 12.1. The van der Waals surface area contributed by atoms with E-state index >= 15 is 0 Å². The smallest absolute Gasteiger partial charge is 0.244 e. The van der Waals surface area contributed by atoms with Crippen LogP contribution >= 0.6 is 11.8 Å². The van der Waals surface area contributed by atoms with Crippen molar-refractivity contribution >= 4 is 33.4 Å². The van der Waals surface area contributed by atoms with E-state index in [1.54, 1.807) is 6.07 Å². The zero-order valence-electron chi connectivity index (χ0n) is 16.7. The molecule has 0 aliphatic heterocycles. The van der Waals surface area contributed by atoms with Crippen molar-refractivity contribution in [2.24, 2.45) is 0 Å². The summed E-state index contributed by atoms with van der Waals surface area (Å²) in [6.45, 7) is 0.274. The van der Waals surface area contributed by atoms with Crippen molar-refractivity contribution in [2.75, 3.05) is 30.4 Å². The number of carbonyl (C=O) groups is 1. The quantitative estimate of drug-likeness (QED) is 0.437. The van der Waals surface area contributed by atoms with E-state index in [2.05, 4.69) is 15.4 Å². The van der Waals surface area contributed by atoms with Crippen LogP contribution in [0.2, 0.25) is 0 Å². The minimum atomic E-state index is -4.24. The second-order valence-corrected chi connectivity index (χ2v) is 9.05. The van der Waals surface area contributed by atoms with Crippen molar-refractivity contribution in [3.05, 3.63) is 59.7 Å². The van der Waals surface area contributed by atoms with Crippen LogP contribution in [0.1, 0.15) is 12.0 Å². The molecule has 0 aliphatic rings. The Morgan fingerprint density at radius 3 is 2.52 bits per heavy atom. The van der Waals surface area contributed by atoms with Crippen LogP contribution in [0.15, 0.2) is 47.4 Å². The SMILES string of the molecule is CSCCC(NS(=O)(=O)c1ccccc1F)C(=O)NCCNc1cccc(F)c1C#N. The summed E-state index contributed by atoms with van der Waals surface area (Å²) in [7, 11) is -4.24. The molecule has 0 fully saturated rings. The van der Waals surface area contributed by atoms with Crippen LogP contribution < -0.4 is 15.4 Å². The maximum Gasteiger partial charge on any atom is 0.244 e. The van der Waals surface area contributed by atoms with Crippen LogP contribution in [-0.4, -0.2) is 45.5 Å². The largest absolute Gasteiger partial charge is 0.382 e. The average molecular weight is 469 g/mol. The van der Waals surface area contributed by atoms with E-state index in [0.29, 0.717) is 5.75 Å². The summed E-state index contributed by atoms with van der Waals surface area (Å²) >= 11 is 1.44. The molecule has 0 radical (unpaired) electrons. The number of nitriles is 1. The van der Waals surface area contributed by atoms with Crippen molar-refractivity contribution in [2.45, 2.75) is 17.4 Å². The molecule has 1 unspecified atom stereocenters. The van der Waals surface area contributed by atoms with Crippen LogP contribution in [0.5, 0.6) is 0 Å². The highest BCUT2D eigenvalue weighted by Crippen LogP contribution is 2.17. The Hall–Kier alpha value is -2.68. The summed E-state index contributed by atoms with van der Waals surface area (Å²) in [5, 5.41) is 14.5. The predicted octanol–water partition coefficient (Wildman–Crippen LogP) is 2.46. The number of thioether (sulfide) groups is 1. The van der Waals surface area contributed by atoms with Gasteiger partial charge in [0.2, 0.25) is 15.9 Å². The highest BCUT2D eigenvalue weighted by atomic mass is 32.2. The molecule has 0 saturated heterocycles. The molecule has 2 aromatic rings. The zero-order valence-corrected chi connectivity index (χ0v) is 18.3. The van der Waals surface area contributed by atoms with E-state index in [4.69, 9.17) is 5.26 Å². The standard InChI is InChI=1S/C20H22F2N4O3S2/c1-30-12-9-18(26-31(28,29)19-8-3-2-5-16(19)22)20(27)25-11-10-24-17-7-4-6-15(21)14(17)13-23/h2-8,18,24,26H,9-12H2,1H3,(H,25,27). The maximum atomic E-state index is 13.9. The van der Waals surface area contributed by atoms with Crippen LogP contribution in [-0.2, 0) is 14.8 Å². The van der Waals surface area contributed by atoms with Crippen molar-refractivity contribution in [1.82, 2.24) is 10.0 Å². The average Bonchev–Trinajstić information content (AvgIpc) is 2.74. The van der Waals surface area contributed by atoms with Crippen LogP contribution in [0.4, 0.5) is 14.5 Å². The van der Waals surface area contributed by atoms with E-state index in [-0.39, 0.29) is 30.8 Å². The highest BCUT2D eigenvalue weighted by molar-refractivity contribution is 7.98. The molecular weight excluding hydrogens is 446 g/mol. The number of anilines is 1. The number of halogens is 2. The Labute approximate surface area is 184 Å². The van der Waals surface area contributed by atoms with Crippen molar-refractivity contribution < 1.29 is 22.0 Å². The summed E-state index contributed by atoms with van der Waals surface area (Å²) in [6, 6.07) is 9.74. The van der Waals surface area contributed by atoms with Gasteiger partial charge in [-0.2, -0.15) is 21.7 Å². The predicted molar refractivity (Wildman–Crippen MR) is 116 cm³/mol. The van der Waals surface area contributed by atoms with Gasteiger partial charge in [0.25, 0.3) is 0 Å². The van der Waals surface area contributed by atoms with Gasteiger partial charge in [0.15, 0.2) is 0 Å². The van der Waals surface area contributed by atoms with Crippen LogP contribution in [0.25, 0.3) is 0 Å². The van der Waals surface area contributed by atoms with Gasteiger partial charge in [0, 0.05) is 13.1 Å². The van der Waals surface area contributed by atoms with Gasteiger partial charge in [-0.1, -0.05) is 18.2 Å². The third-order valence-corrected chi connectivity index (χ3v) is 6.36. The molecule has 31 heavy (non-hydrogen) atoms. The molecule has 0 spiro atoms. The van der Waals surface area contributed by atoms with Crippen LogP contribution in [0, 0.1) is 23.0 Å². The van der Waals surface area contributed by atoms with E-state index < -0.39 is 38.5 Å². The van der Waals surface area contributed by atoms with Gasteiger partial charge < -0.3 is 10.6 Å². The van der Waals surface area contributed by atoms with Gasteiger partial charge in [0.1, 0.15) is 34.2 Å². The Bertz CT molecular complexity index is 1060. The van der Waals surface area contributed by atoms with Gasteiger partial charge in [-0.3, -0.25) is 4.79 Å². The van der Waals surface area contributed by atoms with Crippen molar-refractivity contribution in [1.29, 1.82) is 5.26 Å². The van der Waals surface area contributed by atoms with Crippen molar-refractivity contribution in [3.8, 4) is 6.07 Å². The topological polar surface area (TPSA) is 111 Å². The molecule has 1 atom stereocenters. The molecule has 3 N–H and O–H groups in total. The number of rotatable bonds is 11. The number of nitrogens with zero attached hydrogens (tertiary/aromatic N) is 1. The fourth-order valence-electron chi connectivity index (χ4n) is 2.68. The number of amides is 1.